The Labute approximate surface area is 110 Å². The summed E-state index contributed by atoms with van der Waals surface area (Å²) in [7, 11) is 1.47. The van der Waals surface area contributed by atoms with Gasteiger partial charge in [0.2, 0.25) is 0 Å². The summed E-state index contributed by atoms with van der Waals surface area (Å²) in [5.41, 5.74) is 0. The minimum absolute atomic E-state index is 0.0992. The van der Waals surface area contributed by atoms with Gasteiger partial charge < -0.3 is 10.1 Å². The summed E-state index contributed by atoms with van der Waals surface area (Å²) in [6.07, 6.45) is 5.61. The van der Waals surface area contributed by atoms with Crippen molar-refractivity contribution in [2.75, 3.05) is 13.7 Å². The van der Waals surface area contributed by atoms with Gasteiger partial charge in [-0.15, -0.1) is 0 Å². The Bertz CT molecular complexity index is 284. The molecule has 0 amide bonds. The lowest BCUT2D eigenvalue weighted by molar-refractivity contribution is -0.142. The SMILES string of the molecule is CCN(C(C)CC(=O)OC)C1CC2CCC(C1)N2. The molecule has 0 aromatic rings. The molecule has 4 nitrogen and oxygen atoms in total. The fourth-order valence-corrected chi connectivity index (χ4v) is 3.67. The van der Waals surface area contributed by atoms with Crippen LogP contribution in [0, 0.1) is 0 Å². The second-order valence-corrected chi connectivity index (χ2v) is 5.72. The minimum Gasteiger partial charge on any atom is -0.469 e. The molecule has 2 heterocycles. The summed E-state index contributed by atoms with van der Waals surface area (Å²) in [6, 6.07) is 2.32. The largest absolute Gasteiger partial charge is 0.469 e. The van der Waals surface area contributed by atoms with E-state index in [0.29, 0.717) is 24.5 Å². The maximum Gasteiger partial charge on any atom is 0.307 e. The van der Waals surface area contributed by atoms with Crippen LogP contribution in [0.4, 0.5) is 0 Å². The molecule has 104 valence electrons. The molecule has 2 aliphatic rings. The molecule has 2 saturated heterocycles. The molecule has 2 bridgehead atoms. The van der Waals surface area contributed by atoms with Gasteiger partial charge in [-0.05, 0) is 39.2 Å². The highest BCUT2D eigenvalue weighted by Crippen LogP contribution is 2.30. The van der Waals surface area contributed by atoms with Gasteiger partial charge in [0, 0.05) is 24.2 Å². The number of piperidine rings is 1. The number of methoxy groups -OCH3 is 1. The van der Waals surface area contributed by atoms with E-state index in [2.05, 4.69) is 24.1 Å². The van der Waals surface area contributed by atoms with Gasteiger partial charge in [0.25, 0.3) is 0 Å². The predicted octanol–water partition coefficient (Wildman–Crippen LogP) is 1.54. The number of esters is 1. The van der Waals surface area contributed by atoms with E-state index in [0.717, 1.165) is 6.54 Å². The third-order valence-corrected chi connectivity index (χ3v) is 4.54. The summed E-state index contributed by atoms with van der Waals surface area (Å²) in [6.45, 7) is 5.35. The zero-order valence-corrected chi connectivity index (χ0v) is 11.8. The summed E-state index contributed by atoms with van der Waals surface area (Å²) in [5, 5.41) is 3.67. The number of nitrogens with zero attached hydrogens (tertiary/aromatic N) is 1. The van der Waals surface area contributed by atoms with Crippen molar-refractivity contribution in [2.45, 2.75) is 70.1 Å². The Hall–Kier alpha value is -0.610. The molecule has 3 unspecified atom stereocenters. The van der Waals surface area contributed by atoms with Crippen LogP contribution < -0.4 is 5.32 Å². The van der Waals surface area contributed by atoms with Crippen LogP contribution in [-0.4, -0.2) is 48.7 Å². The van der Waals surface area contributed by atoms with Crippen LogP contribution >= 0.6 is 0 Å². The van der Waals surface area contributed by atoms with Crippen molar-refractivity contribution in [1.29, 1.82) is 0 Å². The zero-order chi connectivity index (χ0) is 13.1. The average Bonchev–Trinajstić information content (AvgIpc) is 2.69. The number of rotatable bonds is 5. The van der Waals surface area contributed by atoms with E-state index < -0.39 is 0 Å². The molecule has 2 rings (SSSR count). The molecule has 0 aromatic carbocycles. The van der Waals surface area contributed by atoms with Gasteiger partial charge in [-0.2, -0.15) is 0 Å². The third kappa shape index (κ3) is 3.04. The van der Waals surface area contributed by atoms with Crippen molar-refractivity contribution in [3.05, 3.63) is 0 Å². The average molecular weight is 254 g/mol. The second kappa shape index (κ2) is 6.02. The molecule has 2 fully saturated rings. The van der Waals surface area contributed by atoms with Crippen molar-refractivity contribution in [1.82, 2.24) is 10.2 Å². The first-order valence-electron chi connectivity index (χ1n) is 7.22. The van der Waals surface area contributed by atoms with E-state index in [1.54, 1.807) is 0 Å². The van der Waals surface area contributed by atoms with Crippen LogP contribution in [0.25, 0.3) is 0 Å². The van der Waals surface area contributed by atoms with Crippen LogP contribution in [0.2, 0.25) is 0 Å². The molecule has 2 aliphatic heterocycles. The lowest BCUT2D eigenvalue weighted by atomic mass is 9.96. The standard InChI is InChI=1S/C14H26N2O2/c1-4-16(10(2)7-14(17)18-3)13-8-11-5-6-12(9-13)15-11/h10-13,15H,4-9H2,1-3H3. The smallest absolute Gasteiger partial charge is 0.307 e. The molecule has 18 heavy (non-hydrogen) atoms. The normalized spacial score (nSPS) is 32.6. The van der Waals surface area contributed by atoms with E-state index >= 15 is 0 Å². The molecule has 0 radical (unpaired) electrons. The number of ether oxygens (including phenoxy) is 1. The highest BCUT2D eigenvalue weighted by Gasteiger charge is 2.37. The van der Waals surface area contributed by atoms with Gasteiger partial charge in [0.15, 0.2) is 0 Å². The summed E-state index contributed by atoms with van der Waals surface area (Å²) in [4.78, 5) is 13.9. The van der Waals surface area contributed by atoms with E-state index in [4.69, 9.17) is 4.74 Å². The van der Waals surface area contributed by atoms with Crippen LogP contribution in [-0.2, 0) is 9.53 Å². The molecule has 3 atom stereocenters. The lowest BCUT2D eigenvalue weighted by Crippen LogP contribution is -2.51. The van der Waals surface area contributed by atoms with Gasteiger partial charge in [-0.1, -0.05) is 6.92 Å². The molecule has 0 saturated carbocycles. The van der Waals surface area contributed by atoms with E-state index in [1.165, 1.54) is 32.8 Å². The Balaban J connectivity index is 1.93. The van der Waals surface area contributed by atoms with Gasteiger partial charge in [-0.25, -0.2) is 0 Å². The van der Waals surface area contributed by atoms with E-state index in [-0.39, 0.29) is 12.0 Å². The Kier molecular flexibility index (Phi) is 4.62. The summed E-state index contributed by atoms with van der Waals surface area (Å²) >= 11 is 0. The number of nitrogens with one attached hydrogen (secondary N) is 1. The van der Waals surface area contributed by atoms with Gasteiger partial charge >= 0.3 is 5.97 Å². The van der Waals surface area contributed by atoms with E-state index in [9.17, 15) is 4.79 Å². The maximum absolute atomic E-state index is 11.4. The van der Waals surface area contributed by atoms with Crippen LogP contribution in [0.15, 0.2) is 0 Å². The number of hydrogen-bond acceptors (Lipinski definition) is 4. The van der Waals surface area contributed by atoms with Crippen LogP contribution in [0.1, 0.15) is 46.0 Å². The van der Waals surface area contributed by atoms with Crippen molar-refractivity contribution in [3.8, 4) is 0 Å². The molecule has 1 N–H and O–H groups in total. The molecule has 0 aliphatic carbocycles. The van der Waals surface area contributed by atoms with Crippen molar-refractivity contribution < 1.29 is 9.53 Å². The fourth-order valence-electron chi connectivity index (χ4n) is 3.67. The second-order valence-electron chi connectivity index (χ2n) is 5.72. The fraction of sp³-hybridized carbons (Fsp3) is 0.929. The van der Waals surface area contributed by atoms with Crippen molar-refractivity contribution in [3.63, 3.8) is 0 Å². The summed E-state index contributed by atoms with van der Waals surface area (Å²) in [5.74, 6) is -0.0992. The Morgan fingerprint density at radius 2 is 2.00 bits per heavy atom. The first-order valence-corrected chi connectivity index (χ1v) is 7.22. The summed E-state index contributed by atoms with van der Waals surface area (Å²) < 4.78 is 4.78. The highest BCUT2D eigenvalue weighted by molar-refractivity contribution is 5.69. The molecular formula is C14H26N2O2. The topological polar surface area (TPSA) is 41.6 Å². The lowest BCUT2D eigenvalue weighted by Gasteiger charge is -2.40. The van der Waals surface area contributed by atoms with Crippen LogP contribution in [0.5, 0.6) is 0 Å². The number of carbonyl (C=O) groups excluding carboxylic acids is 1. The first kappa shape index (κ1) is 13.8. The van der Waals surface area contributed by atoms with Crippen molar-refractivity contribution >= 4 is 5.97 Å². The van der Waals surface area contributed by atoms with E-state index in [1.807, 2.05) is 0 Å². The quantitative estimate of drug-likeness (QED) is 0.756. The van der Waals surface area contributed by atoms with Crippen LogP contribution in [0.3, 0.4) is 0 Å². The van der Waals surface area contributed by atoms with Crippen molar-refractivity contribution in [2.24, 2.45) is 0 Å². The monoisotopic (exact) mass is 254 g/mol. The predicted molar refractivity (Wildman–Crippen MR) is 71.4 cm³/mol. The van der Waals surface area contributed by atoms with Gasteiger partial charge in [0.1, 0.15) is 0 Å². The number of carbonyl (C=O) groups is 1. The Morgan fingerprint density at radius 3 is 2.50 bits per heavy atom. The number of hydrogen-bond donors (Lipinski definition) is 1. The highest BCUT2D eigenvalue weighted by atomic mass is 16.5. The van der Waals surface area contributed by atoms with Gasteiger partial charge in [0.05, 0.1) is 13.5 Å². The zero-order valence-electron chi connectivity index (χ0n) is 11.8. The number of fused-ring (bicyclic) bond motifs is 2. The first-order chi connectivity index (χ1) is 8.63. The molecular weight excluding hydrogens is 228 g/mol. The minimum atomic E-state index is -0.0992. The molecule has 0 spiro atoms. The molecule has 4 heteroatoms. The molecule has 0 aromatic heterocycles. The Morgan fingerprint density at radius 1 is 1.39 bits per heavy atom. The third-order valence-electron chi connectivity index (χ3n) is 4.54. The van der Waals surface area contributed by atoms with Gasteiger partial charge in [-0.3, -0.25) is 9.69 Å². The maximum atomic E-state index is 11.4.